The molecule has 0 radical (unpaired) electrons. The molecule has 9 heavy (non-hydrogen) atoms. The highest BCUT2D eigenvalue weighted by Crippen LogP contribution is 2.14. The van der Waals surface area contributed by atoms with Gasteiger partial charge in [-0.05, 0) is 13.3 Å². The van der Waals surface area contributed by atoms with E-state index in [0.717, 1.165) is 13.0 Å². The van der Waals surface area contributed by atoms with E-state index in [-0.39, 0.29) is 0 Å². The molecule has 0 amide bonds. The van der Waals surface area contributed by atoms with Gasteiger partial charge < -0.3 is 4.74 Å². The molecule has 0 saturated carbocycles. The van der Waals surface area contributed by atoms with Gasteiger partial charge in [-0.15, -0.1) is 0 Å². The molecule has 0 spiro atoms. The summed E-state index contributed by atoms with van der Waals surface area (Å²) >= 11 is 0. The molecule has 1 aliphatic heterocycles. The number of ether oxygens (including phenoxy) is 1. The Morgan fingerprint density at radius 1 is 1.67 bits per heavy atom. The van der Waals surface area contributed by atoms with Gasteiger partial charge in [-0.2, -0.15) is 0 Å². The van der Waals surface area contributed by atoms with Crippen LogP contribution in [-0.4, -0.2) is 30.8 Å². The second kappa shape index (κ2) is 2.64. The van der Waals surface area contributed by atoms with E-state index in [9.17, 15) is 0 Å². The quantitative estimate of drug-likeness (QED) is 0.506. The molecule has 2 N–H and O–H groups in total. The molecule has 0 aliphatic carbocycles. The van der Waals surface area contributed by atoms with Crippen LogP contribution in [0, 0.1) is 0 Å². The molecule has 1 fully saturated rings. The Hall–Kier alpha value is -0.120. The topological polar surface area (TPSA) is 38.5 Å². The number of hydrogen-bond acceptors (Lipinski definition) is 3. The Balaban J connectivity index is 2.35. The largest absolute Gasteiger partial charge is 0.380 e. The van der Waals surface area contributed by atoms with Crippen LogP contribution in [0.1, 0.15) is 13.3 Å². The van der Waals surface area contributed by atoms with Crippen molar-refractivity contribution in [1.29, 1.82) is 0 Å². The Kier molecular flexibility index (Phi) is 2.05. The molecule has 1 aliphatic rings. The third-order valence-corrected chi connectivity index (χ3v) is 1.92. The molecule has 0 aromatic rings. The molecule has 54 valence electrons. The average Bonchev–Trinajstić information content (AvgIpc) is 2.13. The third kappa shape index (κ3) is 1.41. The van der Waals surface area contributed by atoms with E-state index in [0.29, 0.717) is 12.1 Å². The van der Waals surface area contributed by atoms with Gasteiger partial charge in [0.25, 0.3) is 0 Å². The second-order valence-electron chi connectivity index (χ2n) is 2.64. The van der Waals surface area contributed by atoms with Crippen molar-refractivity contribution >= 4 is 0 Å². The third-order valence-electron chi connectivity index (χ3n) is 1.92. The second-order valence-corrected chi connectivity index (χ2v) is 2.64. The molecule has 3 heteroatoms. The Labute approximate surface area is 55.7 Å². The highest BCUT2D eigenvalue weighted by Gasteiger charge is 2.25. The number of nitrogens with two attached hydrogens (primary N) is 1. The van der Waals surface area contributed by atoms with Crippen molar-refractivity contribution in [1.82, 2.24) is 5.01 Å². The van der Waals surface area contributed by atoms with Crippen molar-refractivity contribution in [2.75, 3.05) is 13.7 Å². The van der Waals surface area contributed by atoms with Gasteiger partial charge in [0.1, 0.15) is 0 Å². The van der Waals surface area contributed by atoms with Gasteiger partial charge in [0.05, 0.1) is 6.10 Å². The van der Waals surface area contributed by atoms with Gasteiger partial charge in [0, 0.05) is 19.7 Å². The van der Waals surface area contributed by atoms with Crippen molar-refractivity contribution in [2.45, 2.75) is 25.5 Å². The van der Waals surface area contributed by atoms with E-state index < -0.39 is 0 Å². The van der Waals surface area contributed by atoms with Crippen molar-refractivity contribution in [3.05, 3.63) is 0 Å². The fourth-order valence-corrected chi connectivity index (χ4v) is 1.18. The summed E-state index contributed by atoms with van der Waals surface area (Å²) < 4.78 is 5.13. The zero-order valence-electron chi connectivity index (χ0n) is 6.00. The first kappa shape index (κ1) is 6.99. The van der Waals surface area contributed by atoms with Crippen LogP contribution >= 0.6 is 0 Å². The molecule has 2 unspecified atom stereocenters. The molecule has 3 nitrogen and oxygen atoms in total. The summed E-state index contributed by atoms with van der Waals surface area (Å²) in [5.41, 5.74) is 0. The van der Waals surface area contributed by atoms with Crippen molar-refractivity contribution < 1.29 is 4.74 Å². The number of nitrogens with zero attached hydrogens (tertiary/aromatic N) is 1. The van der Waals surface area contributed by atoms with Gasteiger partial charge in [-0.25, -0.2) is 5.01 Å². The minimum Gasteiger partial charge on any atom is -0.380 e. The summed E-state index contributed by atoms with van der Waals surface area (Å²) in [6.07, 6.45) is 1.41. The maximum atomic E-state index is 5.60. The maximum Gasteiger partial charge on any atom is 0.0727 e. The normalized spacial score (nSPS) is 37.7. The van der Waals surface area contributed by atoms with Gasteiger partial charge in [-0.3, -0.25) is 5.84 Å². The van der Waals surface area contributed by atoms with Crippen LogP contribution in [0.15, 0.2) is 0 Å². The monoisotopic (exact) mass is 130 g/mol. The highest BCUT2D eigenvalue weighted by molar-refractivity contribution is 4.78. The molecule has 2 atom stereocenters. The van der Waals surface area contributed by atoms with Crippen molar-refractivity contribution in [3.8, 4) is 0 Å². The summed E-state index contributed by atoms with van der Waals surface area (Å²) in [6.45, 7) is 2.98. The van der Waals surface area contributed by atoms with Gasteiger partial charge in [0.15, 0.2) is 0 Å². The van der Waals surface area contributed by atoms with E-state index >= 15 is 0 Å². The van der Waals surface area contributed by atoms with Crippen LogP contribution < -0.4 is 5.84 Å². The highest BCUT2D eigenvalue weighted by atomic mass is 16.5. The molecule has 1 saturated heterocycles. The number of rotatable bonds is 1. The Morgan fingerprint density at radius 3 is 2.56 bits per heavy atom. The Bertz CT molecular complexity index is 87.1. The fraction of sp³-hybridized carbons (Fsp3) is 1.00. The lowest BCUT2D eigenvalue weighted by Crippen LogP contribution is -2.34. The first-order valence-corrected chi connectivity index (χ1v) is 3.28. The molecule has 0 aromatic heterocycles. The SMILES string of the molecule is COC1CC(C)N(N)C1. The van der Waals surface area contributed by atoms with Gasteiger partial charge in [-0.1, -0.05) is 0 Å². The predicted octanol–water partition coefficient (Wildman–Crippen LogP) is -0.0307. The van der Waals surface area contributed by atoms with Crippen molar-refractivity contribution in [2.24, 2.45) is 5.84 Å². The van der Waals surface area contributed by atoms with Crippen LogP contribution in [0.4, 0.5) is 0 Å². The zero-order valence-corrected chi connectivity index (χ0v) is 6.00. The summed E-state index contributed by atoms with van der Waals surface area (Å²) in [7, 11) is 1.73. The summed E-state index contributed by atoms with van der Waals surface area (Å²) in [5.74, 6) is 5.60. The first-order valence-electron chi connectivity index (χ1n) is 3.28. The number of hydrogen-bond donors (Lipinski definition) is 1. The van der Waals surface area contributed by atoms with E-state index in [1.54, 1.807) is 7.11 Å². The summed E-state index contributed by atoms with van der Waals surface area (Å²) in [5, 5.41) is 1.83. The molecule has 0 aromatic carbocycles. The molecule has 1 rings (SSSR count). The van der Waals surface area contributed by atoms with Gasteiger partial charge >= 0.3 is 0 Å². The predicted molar refractivity (Wildman–Crippen MR) is 35.8 cm³/mol. The minimum atomic E-state index is 0.352. The van der Waals surface area contributed by atoms with E-state index in [2.05, 4.69) is 6.92 Å². The van der Waals surface area contributed by atoms with Gasteiger partial charge in [0.2, 0.25) is 0 Å². The van der Waals surface area contributed by atoms with Crippen LogP contribution in [0.25, 0.3) is 0 Å². The van der Waals surface area contributed by atoms with Crippen LogP contribution in [-0.2, 0) is 4.74 Å². The maximum absolute atomic E-state index is 5.60. The zero-order chi connectivity index (χ0) is 6.85. The van der Waals surface area contributed by atoms with Crippen LogP contribution in [0.2, 0.25) is 0 Å². The standard InChI is InChI=1S/C6H14N2O/c1-5-3-6(9-2)4-8(5)7/h5-6H,3-4,7H2,1-2H3. The van der Waals surface area contributed by atoms with E-state index in [4.69, 9.17) is 10.6 Å². The summed E-state index contributed by atoms with van der Waals surface area (Å²) in [6, 6.07) is 0.481. The average molecular weight is 130 g/mol. The lowest BCUT2D eigenvalue weighted by atomic mass is 10.2. The molecule has 1 heterocycles. The first-order chi connectivity index (χ1) is 4.24. The Morgan fingerprint density at radius 2 is 2.33 bits per heavy atom. The molecule has 0 bridgehead atoms. The molecular formula is C6H14N2O. The molecular weight excluding hydrogens is 116 g/mol. The number of methoxy groups -OCH3 is 1. The van der Waals surface area contributed by atoms with Crippen LogP contribution in [0.5, 0.6) is 0 Å². The lowest BCUT2D eigenvalue weighted by molar-refractivity contribution is 0.108. The van der Waals surface area contributed by atoms with E-state index in [1.165, 1.54) is 0 Å². The number of hydrazine groups is 1. The van der Waals surface area contributed by atoms with Crippen LogP contribution in [0.3, 0.4) is 0 Å². The smallest absolute Gasteiger partial charge is 0.0727 e. The van der Waals surface area contributed by atoms with Crippen molar-refractivity contribution in [3.63, 3.8) is 0 Å². The fourth-order valence-electron chi connectivity index (χ4n) is 1.18. The van der Waals surface area contributed by atoms with E-state index in [1.807, 2.05) is 5.01 Å². The summed E-state index contributed by atoms with van der Waals surface area (Å²) in [4.78, 5) is 0. The lowest BCUT2D eigenvalue weighted by Gasteiger charge is -2.11. The minimum absolute atomic E-state index is 0.352.